The number of alkyl halides is 3. The molecule has 0 aliphatic heterocycles. The molecule has 0 atom stereocenters. The average Bonchev–Trinajstić information content (AvgIpc) is 2.06. The molecule has 1 rings (SSSR count). The minimum atomic E-state index is -4.40. The van der Waals surface area contributed by atoms with Gasteiger partial charge in [0.15, 0.2) is 0 Å². The molecule has 2 nitrogen and oxygen atoms in total. The molecule has 0 fully saturated rings. The third-order valence-corrected chi connectivity index (χ3v) is 3.07. The van der Waals surface area contributed by atoms with Gasteiger partial charge in [0.25, 0.3) is 0 Å². The fourth-order valence-electron chi connectivity index (χ4n) is 1.35. The molecule has 0 spiro atoms. The van der Waals surface area contributed by atoms with E-state index in [9.17, 15) is 18.0 Å². The molecule has 0 heterocycles. The van der Waals surface area contributed by atoms with Gasteiger partial charge in [-0.1, -0.05) is 0 Å². The van der Waals surface area contributed by atoms with Gasteiger partial charge in [0, 0.05) is 3.57 Å². The van der Waals surface area contributed by atoms with Crippen LogP contribution in [0.5, 0.6) is 0 Å². The Morgan fingerprint density at radius 2 is 2.00 bits per heavy atom. The lowest BCUT2D eigenvalue weighted by molar-refractivity contribution is -0.138. The third-order valence-electron chi connectivity index (χ3n) is 2.06. The van der Waals surface area contributed by atoms with Crippen molar-refractivity contribution in [1.82, 2.24) is 0 Å². The summed E-state index contributed by atoms with van der Waals surface area (Å²) in [7, 11) is 0. The first kappa shape index (κ1) is 13.3. The molecule has 16 heavy (non-hydrogen) atoms. The molecular weight excluding hydrogens is 334 g/mol. The van der Waals surface area contributed by atoms with Crippen LogP contribution in [0.15, 0.2) is 12.1 Å². The molecule has 0 bridgehead atoms. The predicted octanol–water partition coefficient (Wildman–Crippen LogP) is 2.65. The van der Waals surface area contributed by atoms with Crippen LogP contribution < -0.4 is 5.73 Å². The summed E-state index contributed by atoms with van der Waals surface area (Å²) in [5, 5.41) is 0. The van der Waals surface area contributed by atoms with E-state index in [1.165, 1.54) is 13.0 Å². The molecule has 0 saturated carbocycles. The summed E-state index contributed by atoms with van der Waals surface area (Å²) < 4.78 is 38.4. The van der Waals surface area contributed by atoms with E-state index >= 15 is 0 Å². The molecule has 1 amide bonds. The summed E-state index contributed by atoms with van der Waals surface area (Å²) in [6, 6.07) is 2.39. The van der Waals surface area contributed by atoms with Crippen LogP contribution in [0.4, 0.5) is 13.2 Å². The van der Waals surface area contributed by atoms with Crippen LogP contribution in [-0.2, 0) is 17.4 Å². The van der Waals surface area contributed by atoms with E-state index in [-0.39, 0.29) is 12.0 Å². The molecule has 1 aromatic carbocycles. The Morgan fingerprint density at radius 3 is 2.44 bits per heavy atom. The summed E-state index contributed by atoms with van der Waals surface area (Å²) in [6.07, 6.45) is -4.58. The highest BCUT2D eigenvalue weighted by Crippen LogP contribution is 2.33. The number of nitrogens with two attached hydrogens (primary N) is 1. The van der Waals surface area contributed by atoms with Crippen molar-refractivity contribution >= 4 is 28.5 Å². The topological polar surface area (TPSA) is 43.1 Å². The van der Waals surface area contributed by atoms with Crippen molar-refractivity contribution in [3.05, 3.63) is 32.4 Å². The Labute approximate surface area is 104 Å². The van der Waals surface area contributed by atoms with Crippen LogP contribution in [0.3, 0.4) is 0 Å². The van der Waals surface area contributed by atoms with Gasteiger partial charge in [-0.05, 0) is 52.8 Å². The highest BCUT2D eigenvalue weighted by molar-refractivity contribution is 14.1. The quantitative estimate of drug-likeness (QED) is 0.825. The number of hydrogen-bond acceptors (Lipinski definition) is 1. The number of carbonyl (C=O) groups excluding carboxylic acids is 1. The SMILES string of the molecule is Cc1cc(I)c(CC(N)=O)cc1C(F)(F)F. The van der Waals surface area contributed by atoms with Gasteiger partial charge in [0.05, 0.1) is 12.0 Å². The van der Waals surface area contributed by atoms with Crippen LogP contribution in [0, 0.1) is 10.5 Å². The molecule has 0 aromatic heterocycles. The van der Waals surface area contributed by atoms with Crippen molar-refractivity contribution < 1.29 is 18.0 Å². The molecule has 0 radical (unpaired) electrons. The first-order chi connectivity index (χ1) is 7.21. The van der Waals surface area contributed by atoms with E-state index < -0.39 is 17.6 Å². The van der Waals surface area contributed by atoms with Crippen LogP contribution in [0.25, 0.3) is 0 Å². The van der Waals surface area contributed by atoms with Gasteiger partial charge in [0.2, 0.25) is 5.91 Å². The highest BCUT2D eigenvalue weighted by atomic mass is 127. The van der Waals surface area contributed by atoms with E-state index in [0.717, 1.165) is 6.07 Å². The van der Waals surface area contributed by atoms with Gasteiger partial charge in [0.1, 0.15) is 0 Å². The predicted molar refractivity (Wildman–Crippen MR) is 61.8 cm³/mol. The van der Waals surface area contributed by atoms with E-state index in [1.54, 1.807) is 0 Å². The monoisotopic (exact) mass is 343 g/mol. The number of hydrogen-bond donors (Lipinski definition) is 1. The molecule has 88 valence electrons. The van der Waals surface area contributed by atoms with Crippen molar-refractivity contribution in [2.24, 2.45) is 5.73 Å². The zero-order valence-electron chi connectivity index (χ0n) is 8.36. The Kier molecular flexibility index (Phi) is 3.82. The normalized spacial score (nSPS) is 11.6. The van der Waals surface area contributed by atoms with Crippen molar-refractivity contribution in [1.29, 1.82) is 0 Å². The molecule has 0 aliphatic carbocycles. The van der Waals surface area contributed by atoms with Gasteiger partial charge in [-0.2, -0.15) is 13.2 Å². The van der Waals surface area contributed by atoms with E-state index in [2.05, 4.69) is 0 Å². The summed E-state index contributed by atoms with van der Waals surface area (Å²) >= 11 is 1.89. The van der Waals surface area contributed by atoms with E-state index in [1.807, 2.05) is 22.6 Å². The average molecular weight is 343 g/mol. The molecule has 6 heteroatoms. The fourth-order valence-corrected chi connectivity index (χ4v) is 2.16. The maximum absolute atomic E-state index is 12.6. The van der Waals surface area contributed by atoms with E-state index in [0.29, 0.717) is 9.13 Å². The standard InChI is InChI=1S/C10H9F3INO/c1-5-2-8(14)6(4-9(15)16)3-7(5)10(11,12)13/h2-3H,4H2,1H3,(H2,15,16). The lowest BCUT2D eigenvalue weighted by atomic mass is 10.0. The minimum Gasteiger partial charge on any atom is -0.369 e. The maximum atomic E-state index is 12.6. The van der Waals surface area contributed by atoms with Gasteiger partial charge in [-0.15, -0.1) is 0 Å². The van der Waals surface area contributed by atoms with Crippen LogP contribution in [0.2, 0.25) is 0 Å². The third kappa shape index (κ3) is 3.10. The number of primary amides is 1. The van der Waals surface area contributed by atoms with Crippen molar-refractivity contribution in [2.75, 3.05) is 0 Å². The van der Waals surface area contributed by atoms with Crippen molar-refractivity contribution in [2.45, 2.75) is 19.5 Å². The Balaban J connectivity index is 3.27. The largest absolute Gasteiger partial charge is 0.416 e. The van der Waals surface area contributed by atoms with Gasteiger partial charge >= 0.3 is 6.18 Å². The zero-order chi connectivity index (χ0) is 12.5. The lowest BCUT2D eigenvalue weighted by Crippen LogP contribution is -2.16. The first-order valence-corrected chi connectivity index (χ1v) is 5.44. The van der Waals surface area contributed by atoms with Crippen molar-refractivity contribution in [3.63, 3.8) is 0 Å². The molecule has 1 aromatic rings. The van der Waals surface area contributed by atoms with Gasteiger partial charge in [-0.3, -0.25) is 4.79 Å². The number of benzene rings is 1. The van der Waals surface area contributed by atoms with Crippen LogP contribution in [0.1, 0.15) is 16.7 Å². The summed E-state index contributed by atoms with van der Waals surface area (Å²) in [5.41, 5.74) is 4.70. The molecule has 0 aliphatic rings. The number of aryl methyl sites for hydroxylation is 1. The van der Waals surface area contributed by atoms with Crippen LogP contribution in [-0.4, -0.2) is 5.91 Å². The number of rotatable bonds is 2. The Hall–Kier alpha value is -0.790. The Bertz CT molecular complexity index is 429. The minimum absolute atomic E-state index is 0.144. The number of halogens is 4. The summed E-state index contributed by atoms with van der Waals surface area (Å²) in [6.45, 7) is 1.39. The number of carbonyl (C=O) groups is 1. The molecular formula is C10H9F3INO. The fraction of sp³-hybridized carbons (Fsp3) is 0.300. The summed E-state index contributed by atoms with van der Waals surface area (Å²) in [5.74, 6) is -0.644. The lowest BCUT2D eigenvalue weighted by Gasteiger charge is -2.13. The number of amides is 1. The maximum Gasteiger partial charge on any atom is 0.416 e. The summed E-state index contributed by atoms with van der Waals surface area (Å²) in [4.78, 5) is 10.7. The van der Waals surface area contributed by atoms with Gasteiger partial charge < -0.3 is 5.73 Å². The smallest absolute Gasteiger partial charge is 0.369 e. The second kappa shape index (κ2) is 4.60. The van der Waals surface area contributed by atoms with Crippen molar-refractivity contribution in [3.8, 4) is 0 Å². The molecule has 2 N–H and O–H groups in total. The second-order valence-electron chi connectivity index (χ2n) is 3.40. The Morgan fingerprint density at radius 1 is 1.44 bits per heavy atom. The molecule has 0 saturated heterocycles. The second-order valence-corrected chi connectivity index (χ2v) is 4.56. The molecule has 0 unspecified atom stereocenters. The zero-order valence-corrected chi connectivity index (χ0v) is 10.5. The highest BCUT2D eigenvalue weighted by Gasteiger charge is 2.33. The van der Waals surface area contributed by atoms with Gasteiger partial charge in [-0.25, -0.2) is 0 Å². The first-order valence-electron chi connectivity index (χ1n) is 4.36. The van der Waals surface area contributed by atoms with Crippen LogP contribution >= 0.6 is 22.6 Å². The van der Waals surface area contributed by atoms with E-state index in [4.69, 9.17) is 5.73 Å².